The standard InChI is InChI=1S/C44H49N5O8S/c1-6-31-26-44(31,40(52)48-58(54,55)43(21-22-43)25-29-12-8-7-9-13-29)47-37(50)35-24-33(56-38-34-15-11-10-14-30(34)20-23-45-38)27-49(35)39(51)36(42(3,4)5)46-41(53)57-32-18-16-28(2)17-19-32/h6-20,23,31,33,35-36H,1,21-22,24-27H2,2-5H3,(H,46,53)(H,47,50)(H,48,52)/t31-,33-,35+,36-,44-/m1/s1. The highest BCUT2D eigenvalue weighted by molar-refractivity contribution is 7.91. The smallest absolute Gasteiger partial charge is 0.413 e. The van der Waals surface area contributed by atoms with E-state index < -0.39 is 73.6 Å². The minimum Gasteiger partial charge on any atom is -0.472 e. The van der Waals surface area contributed by atoms with Gasteiger partial charge in [0, 0.05) is 23.9 Å². The van der Waals surface area contributed by atoms with Crippen molar-refractivity contribution >= 4 is 44.6 Å². The third-order valence-electron chi connectivity index (χ3n) is 11.4. The molecule has 4 aromatic rings. The summed E-state index contributed by atoms with van der Waals surface area (Å²) < 4.78 is 40.7. The van der Waals surface area contributed by atoms with Gasteiger partial charge in [0.05, 0.1) is 11.3 Å². The van der Waals surface area contributed by atoms with E-state index in [1.165, 1.54) is 11.0 Å². The number of carbonyl (C=O) groups excluding carboxylic acids is 4. The number of amides is 4. The SMILES string of the molecule is C=C[C@@H]1C[C@]1(NC(=O)[C@@H]1C[C@@H](Oc2nccc3ccccc23)CN1C(=O)[C@@H](NC(=O)Oc1ccc(C)cc1)C(C)(C)C)C(=O)NS(=O)(=O)C1(Cc2ccccc2)CC1. The fourth-order valence-electron chi connectivity index (χ4n) is 7.70. The monoisotopic (exact) mass is 807 g/mol. The van der Waals surface area contributed by atoms with Crippen molar-refractivity contribution in [2.45, 2.75) is 88.3 Å². The lowest BCUT2D eigenvalue weighted by molar-refractivity contribution is -0.142. The van der Waals surface area contributed by atoms with E-state index in [0.717, 1.165) is 21.9 Å². The van der Waals surface area contributed by atoms with Crippen LogP contribution in [0.3, 0.4) is 0 Å². The molecule has 4 amide bonds. The fourth-order valence-corrected chi connectivity index (χ4v) is 9.34. The lowest BCUT2D eigenvalue weighted by Crippen LogP contribution is -2.60. The molecule has 3 fully saturated rings. The van der Waals surface area contributed by atoms with E-state index in [9.17, 15) is 27.6 Å². The number of sulfonamides is 1. The number of aryl methyl sites for hydroxylation is 1. The normalized spacial score (nSPS) is 22.6. The van der Waals surface area contributed by atoms with Crippen LogP contribution in [0.25, 0.3) is 10.8 Å². The van der Waals surface area contributed by atoms with Crippen LogP contribution >= 0.6 is 0 Å². The first-order valence-corrected chi connectivity index (χ1v) is 20.9. The average molecular weight is 808 g/mol. The summed E-state index contributed by atoms with van der Waals surface area (Å²) in [5.74, 6) is -2.06. The van der Waals surface area contributed by atoms with Gasteiger partial charge in [0.15, 0.2) is 0 Å². The Kier molecular flexibility index (Phi) is 10.8. The van der Waals surface area contributed by atoms with Gasteiger partial charge in [-0.25, -0.2) is 18.2 Å². The van der Waals surface area contributed by atoms with E-state index in [1.807, 2.05) is 67.6 Å². The second-order valence-corrected chi connectivity index (χ2v) is 18.8. The quantitative estimate of drug-likeness (QED) is 0.150. The van der Waals surface area contributed by atoms with Crippen molar-refractivity contribution in [1.82, 2.24) is 25.2 Å². The molecule has 58 heavy (non-hydrogen) atoms. The van der Waals surface area contributed by atoms with Gasteiger partial charge in [-0.2, -0.15) is 0 Å². The Morgan fingerprint density at radius 3 is 2.33 bits per heavy atom. The van der Waals surface area contributed by atoms with Crippen molar-refractivity contribution < 1.29 is 37.1 Å². The minimum atomic E-state index is -4.15. The number of rotatable bonds is 13. The topological polar surface area (TPSA) is 173 Å². The van der Waals surface area contributed by atoms with Crippen molar-refractivity contribution in [2.24, 2.45) is 11.3 Å². The Morgan fingerprint density at radius 1 is 0.983 bits per heavy atom. The Morgan fingerprint density at radius 2 is 1.67 bits per heavy atom. The van der Waals surface area contributed by atoms with Gasteiger partial charge in [0.2, 0.25) is 27.7 Å². The highest BCUT2D eigenvalue weighted by Crippen LogP contribution is 2.48. The second kappa shape index (κ2) is 15.5. The highest BCUT2D eigenvalue weighted by Gasteiger charge is 2.63. The van der Waals surface area contributed by atoms with E-state index in [4.69, 9.17) is 9.47 Å². The van der Waals surface area contributed by atoms with Gasteiger partial charge in [-0.15, -0.1) is 6.58 Å². The molecule has 7 rings (SSSR count). The van der Waals surface area contributed by atoms with Gasteiger partial charge in [-0.1, -0.05) is 93.1 Å². The number of fused-ring (bicyclic) bond motifs is 1. The molecule has 1 aromatic heterocycles. The van der Waals surface area contributed by atoms with Crippen LogP contribution in [0, 0.1) is 18.3 Å². The molecule has 2 saturated carbocycles. The molecule has 3 aromatic carbocycles. The first-order valence-electron chi connectivity index (χ1n) is 19.5. The number of ether oxygens (including phenoxy) is 2. The van der Waals surface area contributed by atoms with Crippen molar-refractivity contribution in [1.29, 1.82) is 0 Å². The summed E-state index contributed by atoms with van der Waals surface area (Å²) in [4.78, 5) is 62.3. The molecule has 14 heteroatoms. The number of nitrogens with zero attached hydrogens (tertiary/aromatic N) is 2. The number of aromatic nitrogens is 1. The summed E-state index contributed by atoms with van der Waals surface area (Å²) in [5.41, 5.74) is -0.646. The molecule has 0 unspecified atom stereocenters. The van der Waals surface area contributed by atoms with Crippen LogP contribution in [-0.2, 0) is 30.8 Å². The number of likely N-dealkylation sites (tertiary alicyclic amines) is 1. The zero-order valence-corrected chi connectivity index (χ0v) is 33.9. The predicted molar refractivity (Wildman–Crippen MR) is 218 cm³/mol. The summed E-state index contributed by atoms with van der Waals surface area (Å²) in [7, 11) is -4.15. The summed E-state index contributed by atoms with van der Waals surface area (Å²) in [6, 6.07) is 23.2. The number of hydrogen-bond acceptors (Lipinski definition) is 9. The Labute approximate surface area is 338 Å². The number of pyridine rings is 1. The Hall–Kier alpha value is -5.76. The molecular weight excluding hydrogens is 759 g/mol. The first-order chi connectivity index (χ1) is 27.5. The van der Waals surface area contributed by atoms with Crippen molar-refractivity contribution in [3.63, 3.8) is 0 Å². The van der Waals surface area contributed by atoms with E-state index >= 15 is 0 Å². The van der Waals surface area contributed by atoms with Crippen LogP contribution in [0.5, 0.6) is 11.6 Å². The number of carbonyl (C=O) groups is 4. The maximum absolute atomic E-state index is 14.7. The van der Waals surface area contributed by atoms with E-state index in [-0.39, 0.29) is 31.6 Å². The van der Waals surface area contributed by atoms with Gasteiger partial charge in [0.1, 0.15) is 29.5 Å². The van der Waals surface area contributed by atoms with Gasteiger partial charge in [0.25, 0.3) is 5.91 Å². The Bertz CT molecular complexity index is 2340. The molecule has 1 saturated heterocycles. The molecule has 0 radical (unpaired) electrons. The molecule has 5 atom stereocenters. The molecule has 3 N–H and O–H groups in total. The molecule has 3 aliphatic rings. The zero-order chi connectivity index (χ0) is 41.5. The summed E-state index contributed by atoms with van der Waals surface area (Å²) >= 11 is 0. The summed E-state index contributed by atoms with van der Waals surface area (Å²) in [6.07, 6.45) is 2.72. The molecule has 2 heterocycles. The average Bonchev–Trinajstić information content (AvgIpc) is 4.09. The second-order valence-electron chi connectivity index (χ2n) is 16.8. The maximum atomic E-state index is 14.7. The van der Waals surface area contributed by atoms with Crippen LogP contribution in [0.1, 0.15) is 57.6 Å². The molecule has 2 aliphatic carbocycles. The van der Waals surface area contributed by atoms with Crippen LogP contribution in [-0.4, -0.2) is 77.1 Å². The third-order valence-corrected chi connectivity index (χ3v) is 13.5. The van der Waals surface area contributed by atoms with E-state index in [0.29, 0.717) is 18.7 Å². The number of nitrogens with one attached hydrogen (secondary N) is 3. The van der Waals surface area contributed by atoms with Crippen LogP contribution in [0.2, 0.25) is 0 Å². The third kappa shape index (κ3) is 8.29. The number of benzene rings is 3. The van der Waals surface area contributed by atoms with Gasteiger partial charge < -0.3 is 25.0 Å². The van der Waals surface area contributed by atoms with Gasteiger partial charge in [-0.05, 0) is 73.2 Å². The Balaban J connectivity index is 1.14. The van der Waals surface area contributed by atoms with Gasteiger partial charge in [-0.3, -0.25) is 19.1 Å². The van der Waals surface area contributed by atoms with Crippen LogP contribution in [0.15, 0.2) is 104 Å². The van der Waals surface area contributed by atoms with Gasteiger partial charge >= 0.3 is 6.09 Å². The lowest BCUT2D eigenvalue weighted by Gasteiger charge is -2.35. The van der Waals surface area contributed by atoms with Crippen molar-refractivity contribution in [2.75, 3.05) is 6.54 Å². The maximum Gasteiger partial charge on any atom is 0.413 e. The molecule has 304 valence electrons. The van der Waals surface area contributed by atoms with Crippen molar-refractivity contribution in [3.05, 3.63) is 115 Å². The lowest BCUT2D eigenvalue weighted by atomic mass is 9.85. The van der Waals surface area contributed by atoms with Crippen molar-refractivity contribution in [3.8, 4) is 11.6 Å². The predicted octanol–water partition coefficient (Wildman–Crippen LogP) is 5.38. The molecule has 0 bridgehead atoms. The summed E-state index contributed by atoms with van der Waals surface area (Å²) in [5, 5.41) is 7.20. The zero-order valence-electron chi connectivity index (χ0n) is 33.1. The van der Waals surface area contributed by atoms with Crippen LogP contribution < -0.4 is 24.8 Å². The molecule has 0 spiro atoms. The fraction of sp³-hybridized carbons (Fsp3) is 0.386. The summed E-state index contributed by atoms with van der Waals surface area (Å²) in [6.45, 7) is 11.0. The first kappa shape index (κ1) is 40.4. The van der Waals surface area contributed by atoms with E-state index in [1.54, 1.807) is 51.2 Å². The van der Waals surface area contributed by atoms with Crippen LogP contribution in [0.4, 0.5) is 4.79 Å². The minimum absolute atomic E-state index is 0.0160. The van der Waals surface area contributed by atoms with E-state index in [2.05, 4.69) is 26.9 Å². The molecule has 1 aliphatic heterocycles. The highest BCUT2D eigenvalue weighted by atomic mass is 32.2. The largest absolute Gasteiger partial charge is 0.472 e. The number of hydrogen-bond donors (Lipinski definition) is 3. The molecular formula is C44H49N5O8S. The molecule has 13 nitrogen and oxygen atoms in total.